The standard InChI is InChI=1S/C23H31N3O5S/c1-4-31-13-6-12-24-23(29)22(18-8-10-19(30-3)11-9-18)26(16-20-7-5-14-32-20)21(28)15-25-17(2)27/h5,7-11,14,22H,4,6,12-13,15-16H2,1-3H3,(H,24,29)(H,25,27)/t22-/m1/s1. The molecule has 0 aliphatic heterocycles. The van der Waals surface area contributed by atoms with Gasteiger partial charge in [-0.05, 0) is 42.5 Å². The summed E-state index contributed by atoms with van der Waals surface area (Å²) in [4.78, 5) is 40.2. The van der Waals surface area contributed by atoms with Crippen LogP contribution in [0.1, 0.15) is 36.8 Å². The molecular formula is C23H31N3O5S. The zero-order valence-electron chi connectivity index (χ0n) is 18.8. The fraction of sp³-hybridized carbons (Fsp3) is 0.435. The van der Waals surface area contributed by atoms with Gasteiger partial charge in [0.25, 0.3) is 0 Å². The summed E-state index contributed by atoms with van der Waals surface area (Å²) in [5.41, 5.74) is 0.654. The molecule has 32 heavy (non-hydrogen) atoms. The topological polar surface area (TPSA) is 97.0 Å². The van der Waals surface area contributed by atoms with Crippen LogP contribution >= 0.6 is 11.3 Å². The summed E-state index contributed by atoms with van der Waals surface area (Å²) in [6.07, 6.45) is 0.666. The lowest BCUT2D eigenvalue weighted by molar-refractivity contribution is -0.141. The fourth-order valence-corrected chi connectivity index (χ4v) is 3.78. The van der Waals surface area contributed by atoms with E-state index in [1.54, 1.807) is 31.4 Å². The van der Waals surface area contributed by atoms with Crippen molar-refractivity contribution < 1.29 is 23.9 Å². The maximum Gasteiger partial charge on any atom is 0.247 e. The highest BCUT2D eigenvalue weighted by molar-refractivity contribution is 7.09. The number of ether oxygens (including phenoxy) is 2. The van der Waals surface area contributed by atoms with E-state index in [2.05, 4.69) is 10.6 Å². The minimum Gasteiger partial charge on any atom is -0.497 e. The van der Waals surface area contributed by atoms with E-state index < -0.39 is 6.04 Å². The van der Waals surface area contributed by atoms with Crippen molar-refractivity contribution in [1.82, 2.24) is 15.5 Å². The molecule has 0 spiro atoms. The number of thiophene rings is 1. The first-order valence-electron chi connectivity index (χ1n) is 10.5. The average Bonchev–Trinajstić information content (AvgIpc) is 3.30. The average molecular weight is 462 g/mol. The first kappa shape index (κ1) is 25.4. The first-order chi connectivity index (χ1) is 15.5. The molecule has 0 radical (unpaired) electrons. The molecule has 1 heterocycles. The van der Waals surface area contributed by atoms with Gasteiger partial charge in [0.15, 0.2) is 0 Å². The Morgan fingerprint density at radius 1 is 1.12 bits per heavy atom. The molecule has 2 aromatic rings. The number of hydrogen-bond acceptors (Lipinski definition) is 6. The summed E-state index contributed by atoms with van der Waals surface area (Å²) in [7, 11) is 1.57. The molecular weight excluding hydrogens is 430 g/mol. The minimum absolute atomic E-state index is 0.190. The van der Waals surface area contributed by atoms with E-state index in [1.807, 2.05) is 24.4 Å². The lowest BCUT2D eigenvalue weighted by Gasteiger charge is -2.31. The molecule has 1 atom stereocenters. The second-order valence-corrected chi connectivity index (χ2v) is 8.06. The van der Waals surface area contributed by atoms with Crippen molar-refractivity contribution in [1.29, 1.82) is 0 Å². The van der Waals surface area contributed by atoms with Crippen LogP contribution in [0.25, 0.3) is 0 Å². The number of nitrogens with one attached hydrogen (secondary N) is 2. The molecule has 3 amide bonds. The lowest BCUT2D eigenvalue weighted by Crippen LogP contribution is -2.46. The van der Waals surface area contributed by atoms with Gasteiger partial charge in [0.1, 0.15) is 11.8 Å². The van der Waals surface area contributed by atoms with Gasteiger partial charge in [-0.2, -0.15) is 0 Å². The lowest BCUT2D eigenvalue weighted by atomic mass is 10.0. The Morgan fingerprint density at radius 3 is 2.47 bits per heavy atom. The van der Waals surface area contributed by atoms with Crippen molar-refractivity contribution in [2.75, 3.05) is 33.4 Å². The van der Waals surface area contributed by atoms with Crippen LogP contribution < -0.4 is 15.4 Å². The normalized spacial score (nSPS) is 11.5. The highest BCUT2D eigenvalue weighted by Crippen LogP contribution is 2.27. The van der Waals surface area contributed by atoms with Crippen LogP contribution in [0.3, 0.4) is 0 Å². The summed E-state index contributed by atoms with van der Waals surface area (Å²) in [5.74, 6) is -0.298. The van der Waals surface area contributed by atoms with E-state index in [0.29, 0.717) is 37.5 Å². The molecule has 0 saturated heterocycles. The zero-order valence-corrected chi connectivity index (χ0v) is 19.6. The van der Waals surface area contributed by atoms with Crippen molar-refractivity contribution in [3.8, 4) is 5.75 Å². The van der Waals surface area contributed by atoms with Crippen molar-refractivity contribution >= 4 is 29.1 Å². The monoisotopic (exact) mass is 461 g/mol. The highest BCUT2D eigenvalue weighted by atomic mass is 32.1. The summed E-state index contributed by atoms with van der Waals surface area (Å²) in [6, 6.07) is 10.0. The van der Waals surface area contributed by atoms with Crippen LogP contribution in [0.15, 0.2) is 41.8 Å². The first-order valence-corrected chi connectivity index (χ1v) is 11.4. The van der Waals surface area contributed by atoms with Crippen LogP contribution in [0.2, 0.25) is 0 Å². The SMILES string of the molecule is CCOCCCNC(=O)[C@@H](c1ccc(OC)cc1)N(Cc1cccs1)C(=O)CNC(C)=O. The zero-order chi connectivity index (χ0) is 23.3. The number of rotatable bonds is 13. The molecule has 0 unspecified atom stereocenters. The number of amides is 3. The molecule has 2 N–H and O–H groups in total. The van der Waals surface area contributed by atoms with Gasteiger partial charge in [0.05, 0.1) is 20.2 Å². The molecule has 0 aliphatic carbocycles. The van der Waals surface area contributed by atoms with Gasteiger partial charge in [-0.3, -0.25) is 14.4 Å². The molecule has 0 fully saturated rings. The number of nitrogens with zero attached hydrogens (tertiary/aromatic N) is 1. The maximum atomic E-state index is 13.3. The second-order valence-electron chi connectivity index (χ2n) is 7.03. The predicted octanol–water partition coefficient (Wildman–Crippen LogP) is 2.51. The molecule has 0 saturated carbocycles. The van der Waals surface area contributed by atoms with Gasteiger partial charge in [-0.15, -0.1) is 11.3 Å². The molecule has 1 aromatic heterocycles. The van der Waals surface area contributed by atoms with E-state index >= 15 is 0 Å². The second kappa shape index (κ2) is 13.5. The molecule has 0 aliphatic rings. The van der Waals surface area contributed by atoms with E-state index in [-0.39, 0.29) is 30.8 Å². The van der Waals surface area contributed by atoms with E-state index in [1.165, 1.54) is 23.2 Å². The number of hydrogen-bond donors (Lipinski definition) is 2. The molecule has 9 heteroatoms. The largest absolute Gasteiger partial charge is 0.497 e. The van der Waals surface area contributed by atoms with Crippen LogP contribution in [-0.2, 0) is 25.7 Å². The van der Waals surface area contributed by atoms with Crippen LogP contribution in [0, 0.1) is 0 Å². The third-order valence-electron chi connectivity index (χ3n) is 4.68. The Labute approximate surface area is 192 Å². The Kier molecular flexibility index (Phi) is 10.7. The third kappa shape index (κ3) is 7.97. The third-order valence-corrected chi connectivity index (χ3v) is 5.54. The van der Waals surface area contributed by atoms with Crippen molar-refractivity contribution in [3.63, 3.8) is 0 Å². The van der Waals surface area contributed by atoms with E-state index in [0.717, 1.165) is 4.88 Å². The molecule has 0 bridgehead atoms. The van der Waals surface area contributed by atoms with Gasteiger partial charge in [0.2, 0.25) is 17.7 Å². The molecule has 174 valence electrons. The van der Waals surface area contributed by atoms with Gasteiger partial charge in [-0.1, -0.05) is 18.2 Å². The Morgan fingerprint density at radius 2 is 1.88 bits per heavy atom. The van der Waals surface area contributed by atoms with E-state index in [9.17, 15) is 14.4 Å². The molecule has 1 aromatic carbocycles. The number of benzene rings is 1. The molecule has 2 rings (SSSR count). The summed E-state index contributed by atoms with van der Waals surface area (Å²) >= 11 is 1.50. The minimum atomic E-state index is -0.864. The Hall–Kier alpha value is -2.91. The Balaban J connectivity index is 2.31. The smallest absolute Gasteiger partial charge is 0.247 e. The quantitative estimate of drug-likeness (QED) is 0.447. The maximum absolute atomic E-state index is 13.3. The summed E-state index contributed by atoms with van der Waals surface area (Å²) < 4.78 is 10.6. The van der Waals surface area contributed by atoms with Crippen LogP contribution in [0.5, 0.6) is 5.75 Å². The van der Waals surface area contributed by atoms with Crippen molar-refractivity contribution in [2.24, 2.45) is 0 Å². The number of carbonyl (C=O) groups is 3. The molecule has 8 nitrogen and oxygen atoms in total. The van der Waals surface area contributed by atoms with Crippen LogP contribution in [-0.4, -0.2) is 56.0 Å². The fourth-order valence-electron chi connectivity index (χ4n) is 3.08. The highest BCUT2D eigenvalue weighted by Gasteiger charge is 2.31. The van der Waals surface area contributed by atoms with Crippen molar-refractivity contribution in [2.45, 2.75) is 32.9 Å². The van der Waals surface area contributed by atoms with E-state index in [4.69, 9.17) is 9.47 Å². The van der Waals surface area contributed by atoms with Gasteiger partial charge in [-0.25, -0.2) is 0 Å². The van der Waals surface area contributed by atoms with Gasteiger partial charge in [0, 0.05) is 31.6 Å². The number of carbonyl (C=O) groups excluding carboxylic acids is 3. The Bertz CT molecular complexity index is 855. The number of methoxy groups -OCH3 is 1. The summed E-state index contributed by atoms with van der Waals surface area (Å²) in [5, 5.41) is 7.38. The van der Waals surface area contributed by atoms with Gasteiger partial charge < -0.3 is 25.0 Å². The predicted molar refractivity (Wildman–Crippen MR) is 123 cm³/mol. The van der Waals surface area contributed by atoms with Crippen LogP contribution in [0.4, 0.5) is 0 Å². The van der Waals surface area contributed by atoms with Gasteiger partial charge >= 0.3 is 0 Å². The summed E-state index contributed by atoms with van der Waals surface area (Å²) in [6.45, 7) is 4.92. The van der Waals surface area contributed by atoms with Crippen molar-refractivity contribution in [3.05, 3.63) is 52.2 Å².